The van der Waals surface area contributed by atoms with E-state index in [0.29, 0.717) is 13.1 Å². The van der Waals surface area contributed by atoms with Crippen molar-refractivity contribution in [3.63, 3.8) is 0 Å². The lowest BCUT2D eigenvalue weighted by Gasteiger charge is -2.45. The summed E-state index contributed by atoms with van der Waals surface area (Å²) >= 11 is 0. The van der Waals surface area contributed by atoms with Gasteiger partial charge in [0.1, 0.15) is 38.4 Å². The lowest BCUT2D eigenvalue weighted by Crippen LogP contribution is -2.53. The molecule has 0 saturated heterocycles. The van der Waals surface area contributed by atoms with Crippen LogP contribution in [0.2, 0.25) is 0 Å². The maximum absolute atomic E-state index is 12.6. The number of hydrogen-bond acceptors (Lipinski definition) is 4. The summed E-state index contributed by atoms with van der Waals surface area (Å²) in [5.41, 5.74) is 8.16. The largest absolute Gasteiger partial charge is 0.457 e. The third-order valence-electron chi connectivity index (χ3n) is 10.7. The Morgan fingerprint density at radius 2 is 0.958 bits per heavy atom. The van der Waals surface area contributed by atoms with E-state index in [4.69, 9.17) is 9.47 Å². The Kier molecular flexibility index (Phi) is 10.5. The van der Waals surface area contributed by atoms with E-state index >= 15 is 0 Å². The maximum atomic E-state index is 12.6. The number of rotatable bonds is 12. The van der Waals surface area contributed by atoms with Gasteiger partial charge in [0.05, 0.1) is 27.2 Å². The summed E-state index contributed by atoms with van der Waals surface area (Å²) in [7, 11) is 4.53. The first-order valence-corrected chi connectivity index (χ1v) is 17.3. The molecule has 0 amide bonds. The summed E-state index contributed by atoms with van der Waals surface area (Å²) in [5, 5.41) is 0. The monoisotopic (exact) mass is 644 g/mol. The first kappa shape index (κ1) is 33.4. The Labute approximate surface area is 285 Å². The van der Waals surface area contributed by atoms with Crippen molar-refractivity contribution < 1.29 is 28.0 Å². The highest BCUT2D eigenvalue weighted by Gasteiger charge is 2.40. The summed E-state index contributed by atoms with van der Waals surface area (Å²) in [6.45, 7) is 3.90. The van der Waals surface area contributed by atoms with Crippen LogP contribution in [0, 0.1) is 0 Å². The van der Waals surface area contributed by atoms with Crippen molar-refractivity contribution in [2.45, 2.75) is 37.8 Å². The molecule has 248 valence electrons. The zero-order valence-electron chi connectivity index (χ0n) is 28.3. The first-order valence-electron chi connectivity index (χ1n) is 17.3. The highest BCUT2D eigenvalue weighted by molar-refractivity contribution is 5.91. The topological polar surface area (TPSA) is 52.6 Å². The van der Waals surface area contributed by atoms with Gasteiger partial charge in [-0.25, -0.2) is 9.59 Å². The number of carbonyl (C=O) groups excluding carboxylic acids is 2. The molecule has 4 aromatic rings. The van der Waals surface area contributed by atoms with Crippen molar-refractivity contribution in [2.24, 2.45) is 0 Å². The lowest BCUT2D eigenvalue weighted by molar-refractivity contribution is -0.941. The van der Waals surface area contributed by atoms with E-state index in [1.54, 1.807) is 0 Å². The summed E-state index contributed by atoms with van der Waals surface area (Å²) in [6.07, 6.45) is 6.22. The Bertz CT molecular complexity index is 1600. The van der Waals surface area contributed by atoms with Gasteiger partial charge in [-0.05, 0) is 22.3 Å². The highest BCUT2D eigenvalue weighted by Crippen LogP contribution is 2.38. The minimum Gasteiger partial charge on any atom is -0.457 e. The molecule has 0 saturated carbocycles. The SMILES string of the molecule is C[N@@+]1(CCOC(=O)/C=C\C(=O)OCC[N@+]2(C)CCc3ccccc3[C@H]2Cc2ccccc2)CCc2ccccc2[C@H]1Cc1ccccc1. The predicted octanol–water partition coefficient (Wildman–Crippen LogP) is 6.60. The van der Waals surface area contributed by atoms with Gasteiger partial charge in [-0.1, -0.05) is 109 Å². The second-order valence-electron chi connectivity index (χ2n) is 13.8. The van der Waals surface area contributed by atoms with Crippen molar-refractivity contribution in [1.82, 2.24) is 0 Å². The van der Waals surface area contributed by atoms with Gasteiger partial charge in [0.2, 0.25) is 0 Å². The summed E-state index contributed by atoms with van der Waals surface area (Å²) in [6, 6.07) is 39.1. The first-order chi connectivity index (χ1) is 23.3. The minimum atomic E-state index is -0.523. The fourth-order valence-corrected chi connectivity index (χ4v) is 7.72. The van der Waals surface area contributed by atoms with E-state index in [-0.39, 0.29) is 25.3 Å². The number of ether oxygens (including phenoxy) is 2. The highest BCUT2D eigenvalue weighted by atomic mass is 16.5. The van der Waals surface area contributed by atoms with Crippen molar-refractivity contribution >= 4 is 11.9 Å². The molecule has 0 spiro atoms. The molecular formula is C42H48N2O4+2. The molecular weight excluding hydrogens is 596 g/mol. The smallest absolute Gasteiger partial charge is 0.331 e. The Balaban J connectivity index is 1.01. The molecule has 4 aromatic carbocycles. The number of quaternary nitrogens is 2. The van der Waals surface area contributed by atoms with Gasteiger partial charge in [-0.3, -0.25) is 0 Å². The molecule has 0 bridgehead atoms. The molecule has 0 aromatic heterocycles. The van der Waals surface area contributed by atoms with Gasteiger partial charge in [0.15, 0.2) is 0 Å². The van der Waals surface area contributed by atoms with Crippen LogP contribution in [-0.2, 0) is 44.7 Å². The van der Waals surface area contributed by atoms with E-state index < -0.39 is 11.9 Å². The number of likely N-dealkylation sites (N-methyl/N-ethyl adjacent to an activating group) is 2. The van der Waals surface area contributed by atoms with Gasteiger partial charge < -0.3 is 18.4 Å². The third kappa shape index (κ3) is 7.95. The van der Waals surface area contributed by atoms with Crippen LogP contribution in [0.15, 0.2) is 121 Å². The van der Waals surface area contributed by atoms with Crippen LogP contribution in [0.25, 0.3) is 0 Å². The number of nitrogens with zero attached hydrogens (tertiary/aromatic N) is 2. The second-order valence-corrected chi connectivity index (χ2v) is 13.8. The predicted molar refractivity (Wildman–Crippen MR) is 189 cm³/mol. The zero-order chi connectivity index (χ0) is 33.4. The van der Waals surface area contributed by atoms with Crippen LogP contribution in [0.4, 0.5) is 0 Å². The standard InChI is InChI=1S/C42H48N2O4/c1-43(25-23-35-17-9-11-19-37(35)39(43)31-33-13-5-3-6-14-33)27-29-47-41(45)21-22-42(46)48-30-28-44(2)26-24-36-18-10-12-20-38(36)40(44)32-34-15-7-4-8-16-34/h3-22,39-40H,23-32H2,1-2H3/q+2/b22-21-/t39-,40-,43+,44+/m1/s1. The molecule has 0 fully saturated rings. The molecule has 0 unspecified atom stereocenters. The van der Waals surface area contributed by atoms with E-state index in [9.17, 15) is 9.59 Å². The molecule has 6 nitrogen and oxygen atoms in total. The quantitative estimate of drug-likeness (QED) is 0.0991. The number of fused-ring (bicyclic) bond motifs is 2. The molecule has 2 aliphatic rings. The molecule has 0 radical (unpaired) electrons. The van der Waals surface area contributed by atoms with E-state index in [1.807, 2.05) is 12.1 Å². The van der Waals surface area contributed by atoms with Crippen molar-refractivity contribution in [1.29, 1.82) is 0 Å². The minimum absolute atomic E-state index is 0.270. The van der Waals surface area contributed by atoms with Gasteiger partial charge in [0, 0.05) is 49.0 Å². The van der Waals surface area contributed by atoms with Gasteiger partial charge in [0.25, 0.3) is 0 Å². The van der Waals surface area contributed by atoms with Crippen LogP contribution in [0.3, 0.4) is 0 Å². The third-order valence-corrected chi connectivity index (χ3v) is 10.7. The lowest BCUT2D eigenvalue weighted by atomic mass is 9.87. The maximum Gasteiger partial charge on any atom is 0.331 e. The zero-order valence-corrected chi connectivity index (χ0v) is 28.3. The number of esters is 2. The number of hydrogen-bond donors (Lipinski definition) is 0. The summed E-state index contributed by atoms with van der Waals surface area (Å²) in [5.74, 6) is -1.05. The van der Waals surface area contributed by atoms with E-state index in [0.717, 1.165) is 47.7 Å². The van der Waals surface area contributed by atoms with Crippen LogP contribution in [-0.4, -0.2) is 74.4 Å². The molecule has 0 aliphatic carbocycles. The van der Waals surface area contributed by atoms with Crippen molar-refractivity contribution in [2.75, 3.05) is 53.5 Å². The Hall–Kier alpha value is -4.52. The van der Waals surface area contributed by atoms with Crippen LogP contribution in [0.1, 0.15) is 45.5 Å². The average Bonchev–Trinajstić information content (AvgIpc) is 3.11. The van der Waals surface area contributed by atoms with Crippen LogP contribution in [0.5, 0.6) is 0 Å². The van der Waals surface area contributed by atoms with Gasteiger partial charge >= 0.3 is 11.9 Å². The van der Waals surface area contributed by atoms with E-state index in [1.165, 1.54) is 45.5 Å². The number of benzene rings is 4. The molecule has 2 heterocycles. The van der Waals surface area contributed by atoms with Crippen molar-refractivity contribution in [3.8, 4) is 0 Å². The fraction of sp³-hybridized carbons (Fsp3) is 0.333. The Morgan fingerprint density at radius 3 is 1.38 bits per heavy atom. The molecule has 0 N–H and O–H groups in total. The normalized spacial score (nSPS) is 23.2. The molecule has 48 heavy (non-hydrogen) atoms. The fourth-order valence-electron chi connectivity index (χ4n) is 7.72. The average molecular weight is 645 g/mol. The number of carbonyl (C=O) groups is 2. The molecule has 6 heteroatoms. The summed E-state index contributed by atoms with van der Waals surface area (Å²) < 4.78 is 12.8. The molecule has 6 rings (SSSR count). The van der Waals surface area contributed by atoms with Gasteiger partial charge in [-0.15, -0.1) is 0 Å². The molecule has 2 aliphatic heterocycles. The second kappa shape index (κ2) is 15.1. The van der Waals surface area contributed by atoms with Crippen LogP contribution < -0.4 is 0 Å². The summed E-state index contributed by atoms with van der Waals surface area (Å²) in [4.78, 5) is 25.3. The molecule has 4 atom stereocenters. The van der Waals surface area contributed by atoms with Crippen LogP contribution >= 0.6 is 0 Å². The van der Waals surface area contributed by atoms with Crippen molar-refractivity contribution in [3.05, 3.63) is 155 Å². The van der Waals surface area contributed by atoms with E-state index in [2.05, 4.69) is 111 Å². The Morgan fingerprint density at radius 1 is 0.583 bits per heavy atom. The van der Waals surface area contributed by atoms with Gasteiger partial charge in [-0.2, -0.15) is 0 Å².